The van der Waals surface area contributed by atoms with Crippen LogP contribution in [0.3, 0.4) is 0 Å². The molecule has 4 heteroatoms. The van der Waals surface area contributed by atoms with E-state index in [1.165, 1.54) is 0 Å². The van der Waals surface area contributed by atoms with Crippen LogP contribution in [0.4, 0.5) is 0 Å². The molecule has 3 N–H and O–H groups in total. The molecule has 0 aliphatic heterocycles. The van der Waals surface area contributed by atoms with Crippen LogP contribution in [-0.4, -0.2) is 55.4 Å². The zero-order chi connectivity index (χ0) is 11.1. The van der Waals surface area contributed by atoms with Crippen LogP contribution in [0.5, 0.6) is 0 Å². The average molecular weight is 200 g/mol. The highest BCUT2D eigenvalue weighted by molar-refractivity contribution is 5.76. The molecule has 0 radical (unpaired) electrons. The molecule has 0 aliphatic rings. The maximum Gasteiger partial charge on any atom is 0.0918 e. The number of hydrogen-bond acceptors (Lipinski definition) is 3. The Kier molecular flexibility index (Phi) is 6.49. The van der Waals surface area contributed by atoms with Gasteiger partial charge in [-0.2, -0.15) is 0 Å². The minimum atomic E-state index is 0.278. The van der Waals surface area contributed by atoms with Crippen LogP contribution in [0.25, 0.3) is 0 Å². The second-order valence-corrected chi connectivity index (χ2v) is 4.02. The number of nitrogens with zero attached hydrogens (tertiary/aromatic N) is 2. The minimum Gasteiger partial charge on any atom is -0.388 e. The van der Waals surface area contributed by atoms with Crippen LogP contribution in [0.2, 0.25) is 0 Å². The van der Waals surface area contributed by atoms with E-state index in [0.29, 0.717) is 12.5 Å². The van der Waals surface area contributed by atoms with E-state index in [9.17, 15) is 0 Å². The van der Waals surface area contributed by atoms with Gasteiger partial charge in [0.25, 0.3) is 0 Å². The van der Waals surface area contributed by atoms with Crippen molar-refractivity contribution >= 4 is 5.84 Å². The third-order valence-electron chi connectivity index (χ3n) is 2.33. The lowest BCUT2D eigenvalue weighted by molar-refractivity contribution is 0.186. The van der Waals surface area contributed by atoms with Crippen molar-refractivity contribution in [3.63, 3.8) is 0 Å². The summed E-state index contributed by atoms with van der Waals surface area (Å²) in [6.45, 7) is 7.31. The third-order valence-corrected chi connectivity index (χ3v) is 2.33. The van der Waals surface area contributed by atoms with Gasteiger partial charge >= 0.3 is 0 Å². The lowest BCUT2D eigenvalue weighted by atomic mass is 10.2. The summed E-state index contributed by atoms with van der Waals surface area (Å²) >= 11 is 0. The predicted octanol–water partition coefficient (Wildman–Crippen LogP) is 0.584. The molecular weight excluding hydrogens is 176 g/mol. The van der Waals surface area contributed by atoms with Gasteiger partial charge in [0, 0.05) is 25.6 Å². The van der Waals surface area contributed by atoms with Crippen molar-refractivity contribution in [2.24, 2.45) is 5.73 Å². The molecule has 0 rings (SSSR count). The maximum absolute atomic E-state index is 7.19. The SMILES string of the molecule is CCN(CCC(=N)N)C(C)CN(C)C. The highest BCUT2D eigenvalue weighted by Crippen LogP contribution is 2.01. The minimum absolute atomic E-state index is 0.278. The van der Waals surface area contributed by atoms with Gasteiger partial charge in [-0.15, -0.1) is 0 Å². The standard InChI is InChI=1S/C10H24N4/c1-5-14(7-6-10(11)12)9(2)8-13(3)4/h9H,5-8H2,1-4H3,(H3,11,12). The van der Waals surface area contributed by atoms with Gasteiger partial charge in [-0.3, -0.25) is 10.3 Å². The highest BCUT2D eigenvalue weighted by atomic mass is 15.2. The molecule has 0 saturated carbocycles. The number of nitrogens with two attached hydrogens (primary N) is 1. The van der Waals surface area contributed by atoms with Crippen molar-refractivity contribution in [3.05, 3.63) is 0 Å². The van der Waals surface area contributed by atoms with E-state index in [1.54, 1.807) is 0 Å². The van der Waals surface area contributed by atoms with Gasteiger partial charge in [-0.25, -0.2) is 0 Å². The third kappa shape index (κ3) is 5.94. The van der Waals surface area contributed by atoms with Crippen molar-refractivity contribution < 1.29 is 0 Å². The molecule has 0 spiro atoms. The molecule has 0 saturated heterocycles. The topological polar surface area (TPSA) is 56.4 Å². The van der Waals surface area contributed by atoms with Gasteiger partial charge in [-0.05, 0) is 27.6 Å². The van der Waals surface area contributed by atoms with Gasteiger partial charge in [0.1, 0.15) is 0 Å². The summed E-state index contributed by atoms with van der Waals surface area (Å²) in [5.74, 6) is 0.278. The first-order valence-corrected chi connectivity index (χ1v) is 5.19. The molecular formula is C10H24N4. The normalized spacial score (nSPS) is 13.6. The summed E-state index contributed by atoms with van der Waals surface area (Å²) in [6.07, 6.45) is 0.672. The van der Waals surface area contributed by atoms with Gasteiger partial charge in [0.05, 0.1) is 5.84 Å². The van der Waals surface area contributed by atoms with Crippen LogP contribution in [0, 0.1) is 5.41 Å². The van der Waals surface area contributed by atoms with Crippen molar-refractivity contribution in [3.8, 4) is 0 Å². The van der Waals surface area contributed by atoms with Crippen LogP contribution in [-0.2, 0) is 0 Å². The van der Waals surface area contributed by atoms with E-state index in [4.69, 9.17) is 11.1 Å². The number of amidine groups is 1. The molecule has 0 bridgehead atoms. The highest BCUT2D eigenvalue weighted by Gasteiger charge is 2.12. The number of likely N-dealkylation sites (N-methyl/N-ethyl adjacent to an activating group) is 2. The molecule has 0 heterocycles. The first-order chi connectivity index (χ1) is 6.47. The van der Waals surface area contributed by atoms with E-state index in [1.807, 2.05) is 0 Å². The fourth-order valence-electron chi connectivity index (χ4n) is 1.60. The molecule has 0 aromatic heterocycles. The fraction of sp³-hybridized carbons (Fsp3) is 0.900. The smallest absolute Gasteiger partial charge is 0.0918 e. The summed E-state index contributed by atoms with van der Waals surface area (Å²) in [7, 11) is 4.16. The van der Waals surface area contributed by atoms with Crippen LogP contribution in [0.1, 0.15) is 20.3 Å². The van der Waals surface area contributed by atoms with Gasteiger partial charge in [0.15, 0.2) is 0 Å². The number of nitrogens with one attached hydrogen (secondary N) is 1. The summed E-state index contributed by atoms with van der Waals surface area (Å²) in [4.78, 5) is 4.53. The van der Waals surface area contributed by atoms with Crippen molar-refractivity contribution in [1.29, 1.82) is 5.41 Å². The van der Waals surface area contributed by atoms with Crippen LogP contribution >= 0.6 is 0 Å². The van der Waals surface area contributed by atoms with Crippen LogP contribution in [0.15, 0.2) is 0 Å². The van der Waals surface area contributed by atoms with E-state index in [2.05, 4.69) is 37.7 Å². The van der Waals surface area contributed by atoms with Gasteiger partial charge < -0.3 is 10.6 Å². The van der Waals surface area contributed by atoms with E-state index in [-0.39, 0.29) is 5.84 Å². The van der Waals surface area contributed by atoms with Crippen molar-refractivity contribution in [2.75, 3.05) is 33.7 Å². The Labute approximate surface area is 87.6 Å². The molecule has 14 heavy (non-hydrogen) atoms. The first kappa shape index (κ1) is 13.4. The summed E-state index contributed by atoms with van der Waals surface area (Å²) < 4.78 is 0. The molecule has 4 nitrogen and oxygen atoms in total. The molecule has 0 fully saturated rings. The second kappa shape index (κ2) is 6.79. The second-order valence-electron chi connectivity index (χ2n) is 4.02. The molecule has 0 amide bonds. The molecule has 1 unspecified atom stereocenters. The van der Waals surface area contributed by atoms with Crippen LogP contribution < -0.4 is 5.73 Å². The Balaban J connectivity index is 3.92. The molecule has 84 valence electrons. The maximum atomic E-state index is 7.19. The van der Waals surface area contributed by atoms with Crippen molar-refractivity contribution in [1.82, 2.24) is 9.80 Å². The summed E-state index contributed by atoms with van der Waals surface area (Å²) in [6, 6.07) is 0.523. The molecule has 0 aromatic carbocycles. The summed E-state index contributed by atoms with van der Waals surface area (Å²) in [5, 5.41) is 7.19. The molecule has 0 aliphatic carbocycles. The monoisotopic (exact) mass is 200 g/mol. The Morgan fingerprint density at radius 3 is 2.36 bits per heavy atom. The predicted molar refractivity (Wildman–Crippen MR) is 61.8 cm³/mol. The lowest BCUT2D eigenvalue weighted by Crippen LogP contribution is -2.41. The van der Waals surface area contributed by atoms with Crippen molar-refractivity contribution in [2.45, 2.75) is 26.3 Å². The average Bonchev–Trinajstić information content (AvgIpc) is 2.03. The Morgan fingerprint density at radius 1 is 1.43 bits per heavy atom. The van der Waals surface area contributed by atoms with E-state index >= 15 is 0 Å². The van der Waals surface area contributed by atoms with E-state index in [0.717, 1.165) is 19.6 Å². The van der Waals surface area contributed by atoms with E-state index < -0.39 is 0 Å². The van der Waals surface area contributed by atoms with Gasteiger partial charge in [-0.1, -0.05) is 6.92 Å². The molecule has 1 atom stereocenters. The Hall–Kier alpha value is -0.610. The lowest BCUT2D eigenvalue weighted by Gasteiger charge is -2.29. The first-order valence-electron chi connectivity index (χ1n) is 5.19. The Morgan fingerprint density at radius 2 is 2.00 bits per heavy atom. The zero-order valence-corrected chi connectivity index (χ0v) is 9.88. The Bertz CT molecular complexity index is 168. The largest absolute Gasteiger partial charge is 0.388 e. The molecule has 0 aromatic rings. The summed E-state index contributed by atoms with van der Waals surface area (Å²) in [5.41, 5.74) is 5.34. The zero-order valence-electron chi connectivity index (χ0n) is 9.88. The fourth-order valence-corrected chi connectivity index (χ4v) is 1.60. The number of rotatable bonds is 7. The quantitative estimate of drug-likeness (QED) is 0.467. The van der Waals surface area contributed by atoms with Gasteiger partial charge in [0.2, 0.25) is 0 Å². The number of hydrogen-bond donors (Lipinski definition) is 2.